The zero-order valence-corrected chi connectivity index (χ0v) is 45.2. The molecule has 13 rings (SSSR count). The third-order valence-electron chi connectivity index (χ3n) is 15.5. The van der Waals surface area contributed by atoms with Crippen LogP contribution >= 0.6 is 0 Å². The van der Waals surface area contributed by atoms with Crippen LogP contribution in [0.1, 0.15) is 58.2 Å². The summed E-state index contributed by atoms with van der Waals surface area (Å²) in [6, 6.07) is 90.8. The van der Waals surface area contributed by atoms with E-state index >= 15 is 0 Å². The molecule has 78 heavy (non-hydrogen) atoms. The van der Waals surface area contributed by atoms with Crippen LogP contribution < -0.4 is 9.80 Å². The third kappa shape index (κ3) is 8.87. The smallest absolute Gasteiger partial charge is 0.143 e. The van der Waals surface area contributed by atoms with E-state index in [9.17, 15) is 0 Å². The lowest BCUT2D eigenvalue weighted by molar-refractivity contribution is 0.660. The summed E-state index contributed by atoms with van der Waals surface area (Å²) < 4.78 is 6.72. The molecule has 1 aliphatic rings. The second kappa shape index (κ2) is 20.9. The molecule has 0 spiro atoms. The highest BCUT2D eigenvalue weighted by atomic mass is 16.3. The lowest BCUT2D eigenvalue weighted by Crippen LogP contribution is -2.17. The fourth-order valence-electron chi connectivity index (χ4n) is 11.8. The molecule has 0 N–H and O–H groups in total. The van der Waals surface area contributed by atoms with Crippen LogP contribution in [-0.4, -0.2) is 0 Å². The quantitative estimate of drug-likeness (QED) is 0.120. The minimum absolute atomic E-state index is 0.168. The van der Waals surface area contributed by atoms with Gasteiger partial charge in [-0.25, -0.2) is 0 Å². The summed E-state index contributed by atoms with van der Waals surface area (Å²) in [7, 11) is 0. The topological polar surface area (TPSA) is 19.6 Å². The van der Waals surface area contributed by atoms with Crippen molar-refractivity contribution in [3.05, 3.63) is 284 Å². The van der Waals surface area contributed by atoms with Crippen molar-refractivity contribution in [2.75, 3.05) is 9.80 Å². The van der Waals surface area contributed by atoms with Crippen molar-refractivity contribution >= 4 is 72.4 Å². The summed E-state index contributed by atoms with van der Waals surface area (Å²) in [6.45, 7) is 12.9. The van der Waals surface area contributed by atoms with E-state index < -0.39 is 0 Å². The highest BCUT2D eigenvalue weighted by Crippen LogP contribution is 2.52. The Morgan fingerprint density at radius 1 is 0.397 bits per heavy atom. The standard InChI is InChI=1S/C73H56N2O.C2H6/c1-5-20-49(6-2)50-35-38-59(39-36-50)74(57-26-9-7-10-27-57)61-45-56(46-62(47-61)75(58-28-11-8-12-29-58)60-40-41-66-65-31-15-16-34-68(65)73(3,4)69(66)48-60)54-24-17-22-52(43-54)53-23-18-25-55(44-53)64-32-19-33-67-71-63-30-14-13-21-51(63)37-42-70(71)76-72(64)67;1-2/h5-48H,1-4H3;1-2H3/b20-5-,49-6+;. The van der Waals surface area contributed by atoms with Gasteiger partial charge in [0.2, 0.25) is 0 Å². The molecular formula is C75H62N2O. The van der Waals surface area contributed by atoms with E-state index in [1.807, 2.05) is 13.8 Å². The van der Waals surface area contributed by atoms with Crippen molar-refractivity contribution < 1.29 is 4.42 Å². The molecule has 3 nitrogen and oxygen atoms in total. The Balaban J connectivity index is 0.00000301. The maximum atomic E-state index is 6.72. The zero-order valence-electron chi connectivity index (χ0n) is 45.2. The van der Waals surface area contributed by atoms with E-state index in [0.29, 0.717) is 0 Å². The van der Waals surface area contributed by atoms with Crippen molar-refractivity contribution in [2.24, 2.45) is 0 Å². The van der Waals surface area contributed by atoms with Crippen molar-refractivity contribution in [1.29, 1.82) is 0 Å². The fraction of sp³-hybridized carbons (Fsp3) is 0.0933. The van der Waals surface area contributed by atoms with Gasteiger partial charge >= 0.3 is 0 Å². The van der Waals surface area contributed by atoms with Gasteiger partial charge in [0.15, 0.2) is 0 Å². The SMILES string of the molecule is C/C=C\C(=C/C)c1ccc(N(c2ccccc2)c2cc(-c3cccc(-c4cccc(-c5cccc6c5oc5ccc7ccccc7c56)c4)c3)cc(N(c3ccccc3)c3ccc4c(c3)C(C)(C)c3ccccc3-4)c2)cc1.CC. The van der Waals surface area contributed by atoms with E-state index in [4.69, 9.17) is 4.42 Å². The Kier molecular flexibility index (Phi) is 13.3. The number of hydrogen-bond donors (Lipinski definition) is 0. The van der Waals surface area contributed by atoms with Crippen LogP contribution in [0.15, 0.2) is 271 Å². The maximum absolute atomic E-state index is 6.72. The lowest BCUT2D eigenvalue weighted by Gasteiger charge is -2.31. The number of anilines is 6. The van der Waals surface area contributed by atoms with E-state index in [1.54, 1.807) is 0 Å². The number of hydrogen-bond acceptors (Lipinski definition) is 3. The van der Waals surface area contributed by atoms with Crippen LogP contribution in [0.5, 0.6) is 0 Å². The van der Waals surface area contributed by atoms with Crippen molar-refractivity contribution in [2.45, 2.75) is 47.0 Å². The van der Waals surface area contributed by atoms with Gasteiger partial charge in [0.1, 0.15) is 11.2 Å². The second-order valence-corrected chi connectivity index (χ2v) is 20.4. The summed E-state index contributed by atoms with van der Waals surface area (Å²) in [6.07, 6.45) is 6.44. The van der Waals surface area contributed by atoms with Crippen LogP contribution in [-0.2, 0) is 5.41 Å². The fourth-order valence-corrected chi connectivity index (χ4v) is 11.8. The van der Waals surface area contributed by atoms with E-state index in [0.717, 1.165) is 89.4 Å². The molecule has 0 radical (unpaired) electrons. The monoisotopic (exact) mass is 1010 g/mol. The molecule has 3 heteroatoms. The first-order valence-electron chi connectivity index (χ1n) is 27.4. The predicted octanol–water partition coefficient (Wildman–Crippen LogP) is 22.0. The Labute approximate surface area is 459 Å². The molecule has 1 heterocycles. The summed E-state index contributed by atoms with van der Waals surface area (Å²) in [5.74, 6) is 0. The third-order valence-corrected chi connectivity index (χ3v) is 15.5. The number of allylic oxidation sites excluding steroid dienone is 4. The largest absolute Gasteiger partial charge is 0.455 e. The molecule has 0 aliphatic heterocycles. The van der Waals surface area contributed by atoms with Crippen molar-refractivity contribution in [3.8, 4) is 44.5 Å². The first kappa shape index (κ1) is 49.4. The second-order valence-electron chi connectivity index (χ2n) is 20.4. The molecule has 378 valence electrons. The van der Waals surface area contributed by atoms with Crippen LogP contribution in [0.3, 0.4) is 0 Å². The van der Waals surface area contributed by atoms with E-state index in [2.05, 4.69) is 304 Å². The molecule has 0 atom stereocenters. The number of rotatable bonds is 11. The molecule has 0 fully saturated rings. The van der Waals surface area contributed by atoms with Crippen LogP contribution in [0.4, 0.5) is 34.1 Å². The van der Waals surface area contributed by atoms with Gasteiger partial charge in [-0.1, -0.05) is 210 Å². The van der Waals surface area contributed by atoms with Gasteiger partial charge in [-0.2, -0.15) is 0 Å². The maximum Gasteiger partial charge on any atom is 0.143 e. The molecule has 0 unspecified atom stereocenters. The van der Waals surface area contributed by atoms with E-state index in [-0.39, 0.29) is 5.41 Å². The normalized spacial score (nSPS) is 12.6. The number of furan rings is 1. The van der Waals surface area contributed by atoms with Crippen molar-refractivity contribution in [1.82, 2.24) is 0 Å². The Bertz CT molecular complexity index is 4220. The van der Waals surface area contributed by atoms with Gasteiger partial charge in [-0.05, 0) is 171 Å². The molecule has 0 saturated carbocycles. The van der Waals surface area contributed by atoms with Gasteiger partial charge in [0.05, 0.1) is 0 Å². The summed E-state index contributed by atoms with van der Waals surface area (Å²) >= 11 is 0. The first-order valence-corrected chi connectivity index (χ1v) is 27.4. The molecule has 11 aromatic carbocycles. The molecule has 0 amide bonds. The summed E-state index contributed by atoms with van der Waals surface area (Å²) in [5.41, 5.74) is 22.4. The predicted molar refractivity (Wildman–Crippen MR) is 334 cm³/mol. The van der Waals surface area contributed by atoms with Crippen LogP contribution in [0.25, 0.3) is 82.8 Å². The molecular weight excluding hydrogens is 945 g/mol. The number of fused-ring (bicyclic) bond motifs is 8. The average Bonchev–Trinajstić information content (AvgIpc) is 4.24. The van der Waals surface area contributed by atoms with E-state index in [1.165, 1.54) is 44.2 Å². The van der Waals surface area contributed by atoms with Crippen LogP contribution in [0.2, 0.25) is 0 Å². The number of nitrogens with zero attached hydrogens (tertiary/aromatic N) is 2. The van der Waals surface area contributed by atoms with Gasteiger partial charge in [-0.3, -0.25) is 0 Å². The molecule has 0 bridgehead atoms. The Morgan fingerprint density at radius 2 is 0.936 bits per heavy atom. The average molecular weight is 1010 g/mol. The summed E-state index contributed by atoms with van der Waals surface area (Å²) in [4.78, 5) is 4.82. The first-order chi connectivity index (χ1) is 38.3. The van der Waals surface area contributed by atoms with Gasteiger partial charge in [0.25, 0.3) is 0 Å². The highest BCUT2D eigenvalue weighted by Gasteiger charge is 2.36. The zero-order chi connectivity index (χ0) is 53.3. The molecule has 1 aliphatic carbocycles. The Morgan fingerprint density at radius 3 is 1.63 bits per heavy atom. The summed E-state index contributed by atoms with van der Waals surface area (Å²) in [5, 5.41) is 4.70. The van der Waals surface area contributed by atoms with Gasteiger partial charge < -0.3 is 14.2 Å². The minimum atomic E-state index is -0.168. The van der Waals surface area contributed by atoms with Gasteiger partial charge in [-0.15, -0.1) is 0 Å². The lowest BCUT2D eigenvalue weighted by atomic mass is 9.82. The van der Waals surface area contributed by atoms with Crippen molar-refractivity contribution in [3.63, 3.8) is 0 Å². The number of para-hydroxylation sites is 3. The molecule has 0 saturated heterocycles. The highest BCUT2D eigenvalue weighted by molar-refractivity contribution is 6.20. The molecule has 1 aromatic heterocycles. The minimum Gasteiger partial charge on any atom is -0.455 e. The Hall–Kier alpha value is -9.44. The van der Waals surface area contributed by atoms with Gasteiger partial charge in [0, 0.05) is 55.9 Å². The molecule has 12 aromatic rings. The number of benzene rings is 11. The van der Waals surface area contributed by atoms with Crippen LogP contribution in [0, 0.1) is 0 Å².